The van der Waals surface area contributed by atoms with Gasteiger partial charge in [0.2, 0.25) is 0 Å². The van der Waals surface area contributed by atoms with E-state index in [1.54, 1.807) is 12.1 Å². The number of hydrogen-bond donors (Lipinski definition) is 1. The first-order valence-corrected chi connectivity index (χ1v) is 7.07. The second-order valence-electron chi connectivity index (χ2n) is 2.32. The van der Waals surface area contributed by atoms with Crippen LogP contribution in [0.2, 0.25) is 0 Å². The monoisotopic (exact) mass is 282 g/mol. The molecule has 72 valence electrons. The van der Waals surface area contributed by atoms with Gasteiger partial charge < -0.3 is 0 Å². The average molecular weight is 283 g/mol. The van der Waals surface area contributed by atoms with E-state index in [4.69, 9.17) is 4.55 Å². The van der Waals surface area contributed by atoms with Crippen LogP contribution in [0.15, 0.2) is 28.7 Å². The molecule has 1 aromatic carbocycles. The lowest BCUT2D eigenvalue weighted by Crippen LogP contribution is -1.90. The Morgan fingerprint density at radius 3 is 2.31 bits per heavy atom. The molecule has 0 spiro atoms. The van der Waals surface area contributed by atoms with Crippen molar-refractivity contribution in [2.75, 3.05) is 0 Å². The fraction of sp³-hybridized carbons (Fsp3) is 0.143. The van der Waals surface area contributed by atoms with E-state index in [0.717, 1.165) is 10.0 Å². The molecule has 0 saturated heterocycles. The zero-order valence-corrected chi connectivity index (χ0v) is 9.69. The lowest BCUT2D eigenvalue weighted by Gasteiger charge is -1.98. The van der Waals surface area contributed by atoms with Crippen molar-refractivity contribution in [1.29, 1.82) is 0 Å². The van der Waals surface area contributed by atoms with E-state index >= 15 is 0 Å². The summed E-state index contributed by atoms with van der Waals surface area (Å²) in [6.07, 6.45) is 0. The summed E-state index contributed by atoms with van der Waals surface area (Å²) in [7, 11) is -3.42. The maximum atomic E-state index is 10.4. The summed E-state index contributed by atoms with van der Waals surface area (Å²) >= 11 is 3.26. The summed E-state index contributed by atoms with van der Waals surface area (Å²) in [5.41, 5.74) is 0.853. The van der Waals surface area contributed by atoms with Gasteiger partial charge in [-0.3, -0.25) is 4.55 Å². The SMILES string of the molecule is O=S(=O)(O)SCc1ccc(Br)cc1. The van der Waals surface area contributed by atoms with Crippen LogP contribution in [-0.4, -0.2) is 13.0 Å². The van der Waals surface area contributed by atoms with Crippen LogP contribution in [0.4, 0.5) is 0 Å². The van der Waals surface area contributed by atoms with Gasteiger partial charge in [-0.25, -0.2) is 0 Å². The quantitative estimate of drug-likeness (QED) is 0.684. The number of halogens is 1. The van der Waals surface area contributed by atoms with Crippen molar-refractivity contribution in [2.24, 2.45) is 0 Å². The summed E-state index contributed by atoms with van der Waals surface area (Å²) in [5, 5.41) is 0. The predicted molar refractivity (Wildman–Crippen MR) is 57.0 cm³/mol. The van der Waals surface area contributed by atoms with Gasteiger partial charge in [0, 0.05) is 21.0 Å². The third-order valence-corrected chi connectivity index (χ3v) is 3.81. The van der Waals surface area contributed by atoms with Crippen LogP contribution >= 0.6 is 26.7 Å². The van der Waals surface area contributed by atoms with Gasteiger partial charge >= 0.3 is 9.15 Å². The van der Waals surface area contributed by atoms with E-state index in [0.29, 0.717) is 10.8 Å². The van der Waals surface area contributed by atoms with Gasteiger partial charge in [-0.05, 0) is 17.7 Å². The first-order chi connectivity index (χ1) is 5.97. The Labute approximate surface area is 88.8 Å². The molecule has 0 heterocycles. The highest BCUT2D eigenvalue weighted by atomic mass is 79.9. The Balaban J connectivity index is 2.61. The molecule has 0 aromatic heterocycles. The first-order valence-electron chi connectivity index (χ1n) is 3.34. The molecule has 0 atom stereocenters. The van der Waals surface area contributed by atoms with E-state index in [1.165, 1.54) is 0 Å². The molecule has 0 bridgehead atoms. The fourth-order valence-electron chi connectivity index (χ4n) is 0.723. The Hall–Kier alpha value is -0.0400. The Morgan fingerprint density at radius 2 is 1.85 bits per heavy atom. The standard InChI is InChI=1S/C7H7BrO3S2/c8-7-3-1-6(2-4-7)5-12-13(9,10)11/h1-4H,5H2,(H,9,10,11). The molecule has 13 heavy (non-hydrogen) atoms. The molecule has 1 rings (SSSR count). The summed E-state index contributed by atoms with van der Waals surface area (Å²) in [6, 6.07) is 7.23. The van der Waals surface area contributed by atoms with E-state index in [1.807, 2.05) is 12.1 Å². The van der Waals surface area contributed by atoms with E-state index < -0.39 is 9.15 Å². The van der Waals surface area contributed by atoms with E-state index in [2.05, 4.69) is 15.9 Å². The van der Waals surface area contributed by atoms with Gasteiger partial charge in [0.1, 0.15) is 0 Å². The van der Waals surface area contributed by atoms with Gasteiger partial charge in [0.05, 0.1) is 0 Å². The number of hydrogen-bond acceptors (Lipinski definition) is 3. The smallest absolute Gasteiger partial charge is 0.277 e. The van der Waals surface area contributed by atoms with Crippen molar-refractivity contribution in [1.82, 2.24) is 0 Å². The molecular formula is C7H7BrO3S2. The molecular weight excluding hydrogens is 276 g/mol. The van der Waals surface area contributed by atoms with Crippen molar-refractivity contribution < 1.29 is 13.0 Å². The van der Waals surface area contributed by atoms with Gasteiger partial charge in [-0.2, -0.15) is 8.42 Å². The lowest BCUT2D eigenvalue weighted by atomic mass is 10.2. The molecule has 0 radical (unpaired) electrons. The second kappa shape index (κ2) is 4.45. The molecule has 0 aliphatic rings. The molecule has 1 aromatic rings. The maximum absolute atomic E-state index is 10.4. The second-order valence-corrected chi connectivity index (χ2v) is 6.58. The normalized spacial score (nSPS) is 11.5. The highest BCUT2D eigenvalue weighted by Crippen LogP contribution is 2.18. The molecule has 0 aliphatic carbocycles. The van der Waals surface area contributed by atoms with Crippen LogP contribution in [0.3, 0.4) is 0 Å². The van der Waals surface area contributed by atoms with Crippen molar-refractivity contribution in [2.45, 2.75) is 5.75 Å². The van der Waals surface area contributed by atoms with Crippen LogP contribution in [0.5, 0.6) is 0 Å². The zero-order valence-electron chi connectivity index (χ0n) is 6.47. The molecule has 0 amide bonds. The van der Waals surface area contributed by atoms with Crippen LogP contribution in [0.1, 0.15) is 5.56 Å². The largest absolute Gasteiger partial charge is 0.320 e. The molecule has 6 heteroatoms. The third kappa shape index (κ3) is 4.66. The van der Waals surface area contributed by atoms with E-state index in [9.17, 15) is 8.42 Å². The van der Waals surface area contributed by atoms with Gasteiger partial charge in [0.15, 0.2) is 0 Å². The Morgan fingerprint density at radius 1 is 1.31 bits per heavy atom. The molecule has 1 N–H and O–H groups in total. The Kier molecular flexibility index (Phi) is 3.78. The highest BCUT2D eigenvalue weighted by molar-refractivity contribution is 9.10. The molecule has 0 fully saturated rings. The van der Waals surface area contributed by atoms with Gasteiger partial charge in [-0.15, -0.1) is 0 Å². The molecule has 3 nitrogen and oxygen atoms in total. The maximum Gasteiger partial charge on any atom is 0.320 e. The zero-order chi connectivity index (χ0) is 9.90. The highest BCUT2D eigenvalue weighted by Gasteiger charge is 2.05. The van der Waals surface area contributed by atoms with Crippen LogP contribution in [-0.2, 0) is 14.9 Å². The molecule has 0 unspecified atom stereocenters. The summed E-state index contributed by atoms with van der Waals surface area (Å²) < 4.78 is 30.2. The minimum Gasteiger partial charge on any atom is -0.277 e. The fourth-order valence-corrected chi connectivity index (χ4v) is 2.32. The average Bonchev–Trinajstić information content (AvgIpc) is 2.02. The summed E-state index contributed by atoms with van der Waals surface area (Å²) in [5.74, 6) is 0.256. The topological polar surface area (TPSA) is 54.4 Å². The number of benzene rings is 1. The third-order valence-electron chi connectivity index (χ3n) is 1.29. The van der Waals surface area contributed by atoms with Gasteiger partial charge in [0.25, 0.3) is 0 Å². The van der Waals surface area contributed by atoms with Gasteiger partial charge in [-0.1, -0.05) is 28.1 Å². The lowest BCUT2D eigenvalue weighted by molar-refractivity contribution is 0.503. The Bertz CT molecular complexity index is 371. The number of rotatable bonds is 3. The molecule has 0 saturated carbocycles. The minimum atomic E-state index is -3.93. The van der Waals surface area contributed by atoms with Crippen molar-refractivity contribution in [3.8, 4) is 0 Å². The molecule has 0 aliphatic heterocycles. The minimum absolute atomic E-state index is 0.256. The summed E-state index contributed by atoms with van der Waals surface area (Å²) in [6.45, 7) is 0. The summed E-state index contributed by atoms with van der Waals surface area (Å²) in [4.78, 5) is 0. The van der Waals surface area contributed by atoms with Crippen molar-refractivity contribution in [3.05, 3.63) is 34.3 Å². The van der Waals surface area contributed by atoms with Crippen molar-refractivity contribution in [3.63, 3.8) is 0 Å². The van der Waals surface area contributed by atoms with Crippen molar-refractivity contribution >= 4 is 35.9 Å². The predicted octanol–water partition coefficient (Wildman–Crippen LogP) is 2.49. The van der Waals surface area contributed by atoms with Crippen LogP contribution < -0.4 is 0 Å². The van der Waals surface area contributed by atoms with Crippen LogP contribution in [0, 0.1) is 0 Å². The van der Waals surface area contributed by atoms with Crippen LogP contribution in [0.25, 0.3) is 0 Å². The first kappa shape index (κ1) is 11.0. The van der Waals surface area contributed by atoms with E-state index in [-0.39, 0.29) is 5.75 Å².